The Bertz CT molecular complexity index is 952. The molecule has 9 heteroatoms. The molecule has 0 amide bonds. The molecule has 0 saturated heterocycles. The molecule has 0 spiro atoms. The van der Waals surface area contributed by atoms with Crippen molar-refractivity contribution in [1.82, 2.24) is 20.2 Å². The van der Waals surface area contributed by atoms with E-state index in [2.05, 4.69) is 30.8 Å². The zero-order valence-corrected chi connectivity index (χ0v) is 13.5. The lowest BCUT2D eigenvalue weighted by molar-refractivity contribution is 0.0697. The molecule has 26 heavy (non-hydrogen) atoms. The van der Waals surface area contributed by atoms with Gasteiger partial charge in [-0.25, -0.2) is 14.2 Å². The van der Waals surface area contributed by atoms with Gasteiger partial charge in [-0.3, -0.25) is 5.10 Å². The van der Waals surface area contributed by atoms with Gasteiger partial charge in [0, 0.05) is 23.4 Å². The van der Waals surface area contributed by atoms with Crippen molar-refractivity contribution in [3.05, 3.63) is 53.6 Å². The lowest BCUT2D eigenvalue weighted by Gasteiger charge is -2.08. The molecule has 1 aliphatic carbocycles. The van der Waals surface area contributed by atoms with E-state index in [4.69, 9.17) is 5.11 Å². The predicted molar refractivity (Wildman–Crippen MR) is 92.5 cm³/mol. The van der Waals surface area contributed by atoms with Crippen LogP contribution in [0.25, 0.3) is 0 Å². The average Bonchev–Trinajstić information content (AvgIpc) is 3.38. The summed E-state index contributed by atoms with van der Waals surface area (Å²) in [5.41, 5.74) is 1.78. The lowest BCUT2D eigenvalue weighted by Crippen LogP contribution is -2.04. The molecular formula is C17H15FN6O2. The molecular weight excluding hydrogens is 339 g/mol. The van der Waals surface area contributed by atoms with Crippen LogP contribution >= 0.6 is 0 Å². The van der Waals surface area contributed by atoms with Crippen LogP contribution in [0.2, 0.25) is 0 Å². The minimum atomic E-state index is -1.01. The minimum Gasteiger partial charge on any atom is -0.478 e. The molecule has 0 unspecified atom stereocenters. The third kappa shape index (κ3) is 3.46. The maximum absolute atomic E-state index is 14.0. The van der Waals surface area contributed by atoms with E-state index in [1.54, 1.807) is 12.1 Å². The highest BCUT2D eigenvalue weighted by atomic mass is 19.1. The Hall–Kier alpha value is -3.49. The Labute approximate surface area is 147 Å². The van der Waals surface area contributed by atoms with E-state index >= 15 is 0 Å². The summed E-state index contributed by atoms with van der Waals surface area (Å²) < 4.78 is 14.0. The second-order valence-electron chi connectivity index (χ2n) is 6.01. The van der Waals surface area contributed by atoms with E-state index in [1.165, 1.54) is 12.1 Å². The highest BCUT2D eigenvalue weighted by Crippen LogP contribution is 2.39. The Balaban J connectivity index is 1.50. The fourth-order valence-corrected chi connectivity index (χ4v) is 2.47. The van der Waals surface area contributed by atoms with E-state index in [0.717, 1.165) is 24.7 Å². The summed E-state index contributed by atoms with van der Waals surface area (Å²) in [6.45, 7) is 0. The van der Waals surface area contributed by atoms with Crippen LogP contribution in [0, 0.1) is 5.82 Å². The van der Waals surface area contributed by atoms with Gasteiger partial charge in [0.25, 0.3) is 0 Å². The highest BCUT2D eigenvalue weighted by molar-refractivity contribution is 5.88. The minimum absolute atomic E-state index is 0.00139. The molecule has 1 saturated carbocycles. The molecule has 4 N–H and O–H groups in total. The normalized spacial score (nSPS) is 13.4. The van der Waals surface area contributed by atoms with Crippen molar-refractivity contribution in [2.75, 3.05) is 10.6 Å². The summed E-state index contributed by atoms with van der Waals surface area (Å²) in [5, 5.41) is 21.7. The van der Waals surface area contributed by atoms with Gasteiger partial charge in [0.05, 0.1) is 11.8 Å². The first-order valence-corrected chi connectivity index (χ1v) is 8.04. The van der Waals surface area contributed by atoms with Gasteiger partial charge in [-0.2, -0.15) is 10.1 Å². The van der Waals surface area contributed by atoms with Gasteiger partial charge in [-0.1, -0.05) is 0 Å². The predicted octanol–water partition coefficient (Wildman–Crippen LogP) is 3.40. The van der Waals surface area contributed by atoms with E-state index in [1.807, 2.05) is 6.07 Å². The van der Waals surface area contributed by atoms with Gasteiger partial charge in [-0.05, 0) is 37.1 Å². The number of rotatable bonds is 6. The van der Waals surface area contributed by atoms with Crippen LogP contribution in [-0.4, -0.2) is 31.2 Å². The fraction of sp³-hybridized carbons (Fsp3) is 0.176. The largest absolute Gasteiger partial charge is 0.478 e. The number of nitrogens with zero attached hydrogens (tertiary/aromatic N) is 3. The average molecular weight is 354 g/mol. The number of anilines is 4. The molecule has 0 atom stereocenters. The SMILES string of the molecule is O=C(O)c1ccc(Nc2ncc(F)c(Nc3cc(C4CC4)[nH]n3)n2)cc1. The van der Waals surface area contributed by atoms with Crippen LogP contribution in [-0.2, 0) is 0 Å². The number of carbonyl (C=O) groups is 1. The second kappa shape index (κ2) is 6.43. The molecule has 3 aromatic rings. The van der Waals surface area contributed by atoms with Crippen molar-refractivity contribution < 1.29 is 14.3 Å². The summed E-state index contributed by atoms with van der Waals surface area (Å²) in [6.07, 6.45) is 3.33. The van der Waals surface area contributed by atoms with Gasteiger partial charge < -0.3 is 15.7 Å². The van der Waals surface area contributed by atoms with Crippen LogP contribution < -0.4 is 10.6 Å². The Kier molecular flexibility index (Phi) is 3.96. The van der Waals surface area contributed by atoms with Crippen LogP contribution in [0.4, 0.5) is 27.7 Å². The van der Waals surface area contributed by atoms with E-state index < -0.39 is 11.8 Å². The van der Waals surface area contributed by atoms with Crippen molar-refractivity contribution in [3.8, 4) is 0 Å². The molecule has 8 nitrogen and oxygen atoms in total. The van der Waals surface area contributed by atoms with Gasteiger partial charge in [-0.15, -0.1) is 0 Å². The molecule has 1 aromatic carbocycles. The number of hydrogen-bond acceptors (Lipinski definition) is 6. The highest BCUT2D eigenvalue weighted by Gasteiger charge is 2.25. The number of carboxylic acid groups (broad SMARTS) is 1. The number of H-pyrrole nitrogens is 1. The Morgan fingerprint density at radius 3 is 2.69 bits per heavy atom. The number of halogens is 1. The molecule has 1 fully saturated rings. The zero-order chi connectivity index (χ0) is 18.1. The van der Waals surface area contributed by atoms with Gasteiger partial charge >= 0.3 is 5.97 Å². The monoisotopic (exact) mass is 354 g/mol. The van der Waals surface area contributed by atoms with Gasteiger partial charge in [0.2, 0.25) is 5.95 Å². The van der Waals surface area contributed by atoms with E-state index in [0.29, 0.717) is 17.4 Å². The topological polar surface area (TPSA) is 116 Å². The Morgan fingerprint density at radius 2 is 2.00 bits per heavy atom. The number of aromatic amines is 1. The molecule has 0 radical (unpaired) electrons. The second-order valence-corrected chi connectivity index (χ2v) is 6.01. The van der Waals surface area contributed by atoms with Crippen LogP contribution in [0.5, 0.6) is 0 Å². The molecule has 0 bridgehead atoms. The summed E-state index contributed by atoms with van der Waals surface area (Å²) in [6, 6.07) is 7.92. The molecule has 0 aliphatic heterocycles. The number of carboxylic acids is 1. The number of hydrogen-bond donors (Lipinski definition) is 4. The van der Waals surface area contributed by atoms with Crippen LogP contribution in [0.15, 0.2) is 36.5 Å². The first kappa shape index (κ1) is 16.0. The molecule has 132 valence electrons. The number of aromatic carboxylic acids is 1. The maximum atomic E-state index is 14.0. The fourth-order valence-electron chi connectivity index (χ4n) is 2.47. The smallest absolute Gasteiger partial charge is 0.335 e. The molecule has 2 aromatic heterocycles. The summed E-state index contributed by atoms with van der Waals surface area (Å²) in [4.78, 5) is 18.9. The number of nitrogens with one attached hydrogen (secondary N) is 3. The number of benzene rings is 1. The lowest BCUT2D eigenvalue weighted by atomic mass is 10.2. The first-order valence-electron chi connectivity index (χ1n) is 8.04. The maximum Gasteiger partial charge on any atom is 0.335 e. The van der Waals surface area contributed by atoms with E-state index in [9.17, 15) is 9.18 Å². The van der Waals surface area contributed by atoms with E-state index in [-0.39, 0.29) is 17.3 Å². The standard InChI is InChI=1S/C17H15FN6O2/c18-12-8-19-17(20-11-5-3-10(4-6-11)16(25)26)22-15(12)21-14-7-13(23-24-14)9-1-2-9/h3-9H,1-2H2,(H,25,26)(H3,19,20,21,22,23,24). The van der Waals surface area contributed by atoms with Crippen LogP contribution in [0.1, 0.15) is 34.8 Å². The quantitative estimate of drug-likeness (QED) is 0.536. The summed E-state index contributed by atoms with van der Waals surface area (Å²) in [5.74, 6) is -0.438. The summed E-state index contributed by atoms with van der Waals surface area (Å²) >= 11 is 0. The van der Waals surface area contributed by atoms with Crippen molar-refractivity contribution in [3.63, 3.8) is 0 Å². The molecule has 2 heterocycles. The van der Waals surface area contributed by atoms with Crippen molar-refractivity contribution in [2.24, 2.45) is 0 Å². The van der Waals surface area contributed by atoms with Gasteiger partial charge in [0.15, 0.2) is 17.5 Å². The third-order valence-corrected chi connectivity index (χ3v) is 3.99. The van der Waals surface area contributed by atoms with Gasteiger partial charge in [0.1, 0.15) is 0 Å². The molecule has 1 aliphatic rings. The van der Waals surface area contributed by atoms with Crippen LogP contribution in [0.3, 0.4) is 0 Å². The number of aromatic nitrogens is 4. The third-order valence-electron chi connectivity index (χ3n) is 3.99. The summed E-state index contributed by atoms with van der Waals surface area (Å²) in [7, 11) is 0. The Morgan fingerprint density at radius 1 is 1.23 bits per heavy atom. The first-order chi connectivity index (χ1) is 12.6. The van der Waals surface area contributed by atoms with Crippen molar-refractivity contribution in [2.45, 2.75) is 18.8 Å². The zero-order valence-electron chi connectivity index (χ0n) is 13.5. The van der Waals surface area contributed by atoms with Crippen molar-refractivity contribution >= 4 is 29.2 Å². The van der Waals surface area contributed by atoms with Crippen molar-refractivity contribution in [1.29, 1.82) is 0 Å². The molecule has 4 rings (SSSR count).